The van der Waals surface area contributed by atoms with Crippen LogP contribution in [0.25, 0.3) is 0 Å². The average molecular weight is 357 g/mol. The summed E-state index contributed by atoms with van der Waals surface area (Å²) in [6, 6.07) is 9.93. The van der Waals surface area contributed by atoms with Crippen LogP contribution in [0.4, 0.5) is 4.39 Å². The van der Waals surface area contributed by atoms with Crippen molar-refractivity contribution in [2.24, 2.45) is 5.73 Å². The monoisotopic (exact) mass is 355 g/mol. The highest BCUT2D eigenvalue weighted by atomic mass is 79.9. The minimum absolute atomic E-state index is 0.195. The van der Waals surface area contributed by atoms with Gasteiger partial charge < -0.3 is 10.5 Å². The van der Waals surface area contributed by atoms with Crippen LogP contribution in [0.15, 0.2) is 40.9 Å². The fourth-order valence-electron chi connectivity index (χ4n) is 2.43. The maximum absolute atomic E-state index is 13.9. The number of ether oxygens (including phenoxy) is 1. The van der Waals surface area contributed by atoms with Gasteiger partial charge in [-0.15, -0.1) is 0 Å². The Labute approximate surface area is 129 Å². The Morgan fingerprint density at radius 2 is 2.00 bits per heavy atom. The zero-order valence-electron chi connectivity index (χ0n) is 10.4. The third-order valence-corrected chi connectivity index (χ3v) is 4.14. The van der Waals surface area contributed by atoms with Crippen molar-refractivity contribution in [3.8, 4) is 5.75 Å². The molecule has 0 aliphatic carbocycles. The van der Waals surface area contributed by atoms with E-state index in [9.17, 15) is 4.39 Å². The number of rotatable bonds is 1. The maximum Gasteiger partial charge on any atom is 0.130 e. The summed E-state index contributed by atoms with van der Waals surface area (Å²) in [7, 11) is 0. The third kappa shape index (κ3) is 2.55. The summed E-state index contributed by atoms with van der Waals surface area (Å²) in [6.45, 7) is 0. The van der Waals surface area contributed by atoms with Crippen molar-refractivity contribution in [1.29, 1.82) is 0 Å². The van der Waals surface area contributed by atoms with E-state index in [2.05, 4.69) is 15.9 Å². The van der Waals surface area contributed by atoms with Gasteiger partial charge in [0.15, 0.2) is 0 Å². The van der Waals surface area contributed by atoms with Gasteiger partial charge in [0.1, 0.15) is 17.7 Å². The molecular formula is C15H12BrClFNO. The molecule has 1 heterocycles. The second-order valence-corrected chi connectivity index (χ2v) is 6.15. The minimum Gasteiger partial charge on any atom is -0.485 e. The molecule has 0 amide bonds. The summed E-state index contributed by atoms with van der Waals surface area (Å²) >= 11 is 9.34. The van der Waals surface area contributed by atoms with Gasteiger partial charge in [-0.3, -0.25) is 0 Å². The molecule has 2 atom stereocenters. The number of halogens is 3. The molecule has 0 fully saturated rings. The Kier molecular flexibility index (Phi) is 3.71. The Morgan fingerprint density at radius 1 is 1.20 bits per heavy atom. The van der Waals surface area contributed by atoms with Gasteiger partial charge >= 0.3 is 0 Å². The van der Waals surface area contributed by atoms with Crippen molar-refractivity contribution in [2.45, 2.75) is 18.6 Å². The summed E-state index contributed by atoms with van der Waals surface area (Å²) in [5, 5.41) is 0.486. The molecular weight excluding hydrogens is 345 g/mol. The lowest BCUT2D eigenvalue weighted by Gasteiger charge is -2.31. The molecule has 104 valence electrons. The molecule has 2 N–H and O–H groups in total. The topological polar surface area (TPSA) is 35.2 Å². The summed E-state index contributed by atoms with van der Waals surface area (Å²) in [6.07, 6.45) is 0.0955. The van der Waals surface area contributed by atoms with Crippen LogP contribution in [0, 0.1) is 5.82 Å². The Balaban J connectivity index is 1.99. The van der Waals surface area contributed by atoms with Gasteiger partial charge in [-0.05, 0) is 36.4 Å². The molecule has 0 aromatic heterocycles. The van der Waals surface area contributed by atoms with Crippen LogP contribution in [0.5, 0.6) is 5.75 Å². The number of hydrogen-bond acceptors (Lipinski definition) is 2. The first-order valence-corrected chi connectivity index (χ1v) is 7.38. The van der Waals surface area contributed by atoms with Gasteiger partial charge in [-0.2, -0.15) is 0 Å². The largest absolute Gasteiger partial charge is 0.485 e. The van der Waals surface area contributed by atoms with Crippen LogP contribution < -0.4 is 10.5 Å². The van der Waals surface area contributed by atoms with Gasteiger partial charge in [0.2, 0.25) is 0 Å². The number of nitrogens with two attached hydrogens (primary N) is 1. The van der Waals surface area contributed by atoms with Crippen molar-refractivity contribution in [1.82, 2.24) is 0 Å². The Hall–Kier alpha value is -1.10. The van der Waals surface area contributed by atoms with Gasteiger partial charge in [0, 0.05) is 33.1 Å². The second kappa shape index (κ2) is 5.35. The number of hydrogen-bond donors (Lipinski definition) is 1. The van der Waals surface area contributed by atoms with E-state index in [4.69, 9.17) is 22.1 Å². The summed E-state index contributed by atoms with van der Waals surface area (Å²) < 4.78 is 20.8. The standard InChI is InChI=1S/C15H12BrClFNO/c16-8-1-4-14-11(5-8)13(19)7-15(20-14)10-6-9(17)2-3-12(10)18/h1-6,13,15H,7,19H2/t13-,15?/m0/s1. The predicted octanol–water partition coefficient (Wildman–Crippen LogP) is 4.77. The summed E-state index contributed by atoms with van der Waals surface area (Å²) in [5.41, 5.74) is 7.55. The molecule has 1 aliphatic rings. The molecule has 1 aliphatic heterocycles. The zero-order valence-corrected chi connectivity index (χ0v) is 12.8. The fourth-order valence-corrected chi connectivity index (χ4v) is 2.99. The molecule has 0 radical (unpaired) electrons. The molecule has 0 spiro atoms. The van der Waals surface area contributed by atoms with Crippen molar-refractivity contribution in [2.75, 3.05) is 0 Å². The molecule has 2 aromatic carbocycles. The van der Waals surface area contributed by atoms with E-state index in [-0.39, 0.29) is 11.9 Å². The highest BCUT2D eigenvalue weighted by Gasteiger charge is 2.29. The third-order valence-electron chi connectivity index (χ3n) is 3.41. The van der Waals surface area contributed by atoms with Crippen LogP contribution in [0.1, 0.15) is 29.7 Å². The Morgan fingerprint density at radius 3 is 2.80 bits per heavy atom. The first kappa shape index (κ1) is 13.9. The van der Waals surface area contributed by atoms with Crippen molar-refractivity contribution in [3.05, 3.63) is 62.8 Å². The van der Waals surface area contributed by atoms with Crippen LogP contribution in [-0.2, 0) is 0 Å². The molecule has 0 saturated heterocycles. The first-order valence-electron chi connectivity index (χ1n) is 6.21. The van der Waals surface area contributed by atoms with E-state index in [1.807, 2.05) is 18.2 Å². The number of fused-ring (bicyclic) bond motifs is 1. The SMILES string of the molecule is N[C@H]1CC(c2cc(Cl)ccc2F)Oc2ccc(Br)cc21. The molecule has 0 saturated carbocycles. The maximum atomic E-state index is 13.9. The number of benzene rings is 2. The van der Waals surface area contributed by atoms with Gasteiger partial charge in [0.25, 0.3) is 0 Å². The van der Waals surface area contributed by atoms with Crippen LogP contribution in [0.2, 0.25) is 5.02 Å². The van der Waals surface area contributed by atoms with Crippen molar-refractivity contribution in [3.63, 3.8) is 0 Å². The highest BCUT2D eigenvalue weighted by Crippen LogP contribution is 2.41. The predicted molar refractivity (Wildman–Crippen MR) is 80.5 cm³/mol. The van der Waals surface area contributed by atoms with E-state index < -0.39 is 6.10 Å². The second-order valence-electron chi connectivity index (χ2n) is 4.80. The van der Waals surface area contributed by atoms with Crippen molar-refractivity contribution >= 4 is 27.5 Å². The Bertz CT molecular complexity index is 664. The molecule has 0 bridgehead atoms. The van der Waals surface area contributed by atoms with Gasteiger partial charge in [0.05, 0.1) is 0 Å². The first-order chi connectivity index (χ1) is 9.54. The van der Waals surface area contributed by atoms with E-state index >= 15 is 0 Å². The molecule has 2 nitrogen and oxygen atoms in total. The molecule has 5 heteroatoms. The zero-order chi connectivity index (χ0) is 14.3. The van der Waals surface area contributed by atoms with Crippen LogP contribution in [0.3, 0.4) is 0 Å². The fraction of sp³-hybridized carbons (Fsp3) is 0.200. The van der Waals surface area contributed by atoms with Gasteiger partial charge in [-0.1, -0.05) is 27.5 Å². The smallest absolute Gasteiger partial charge is 0.130 e. The van der Waals surface area contributed by atoms with E-state index in [0.717, 1.165) is 10.0 Å². The minimum atomic E-state index is -0.419. The van der Waals surface area contributed by atoms with Crippen LogP contribution >= 0.6 is 27.5 Å². The highest BCUT2D eigenvalue weighted by molar-refractivity contribution is 9.10. The lowest BCUT2D eigenvalue weighted by Crippen LogP contribution is -2.24. The van der Waals surface area contributed by atoms with E-state index in [1.54, 1.807) is 6.07 Å². The summed E-state index contributed by atoms with van der Waals surface area (Å²) in [4.78, 5) is 0. The molecule has 3 rings (SSSR count). The lowest BCUT2D eigenvalue weighted by atomic mass is 9.93. The summed E-state index contributed by atoms with van der Waals surface area (Å²) in [5.74, 6) is 0.364. The molecule has 2 aromatic rings. The van der Waals surface area contributed by atoms with Crippen LogP contribution in [-0.4, -0.2) is 0 Å². The quantitative estimate of drug-likeness (QED) is 0.799. The van der Waals surface area contributed by atoms with Crippen molar-refractivity contribution < 1.29 is 9.13 Å². The average Bonchev–Trinajstić information content (AvgIpc) is 2.42. The molecule has 20 heavy (non-hydrogen) atoms. The lowest BCUT2D eigenvalue weighted by molar-refractivity contribution is 0.157. The molecule has 1 unspecified atom stereocenters. The van der Waals surface area contributed by atoms with E-state index in [1.165, 1.54) is 12.1 Å². The van der Waals surface area contributed by atoms with E-state index in [0.29, 0.717) is 22.8 Å². The normalized spacial score (nSPS) is 21.2. The van der Waals surface area contributed by atoms with Gasteiger partial charge in [-0.25, -0.2) is 4.39 Å².